The molecule has 0 spiro atoms. The van der Waals surface area contributed by atoms with Crippen LogP contribution in [0.5, 0.6) is 5.75 Å². The third-order valence-corrected chi connectivity index (χ3v) is 6.52. The van der Waals surface area contributed by atoms with Gasteiger partial charge in [0.25, 0.3) is 5.91 Å². The summed E-state index contributed by atoms with van der Waals surface area (Å²) in [5.74, 6) is 0.0264. The van der Waals surface area contributed by atoms with Gasteiger partial charge < -0.3 is 10.1 Å². The summed E-state index contributed by atoms with van der Waals surface area (Å²) in [5, 5.41) is 2.95. The summed E-state index contributed by atoms with van der Waals surface area (Å²) >= 11 is 0. The molecule has 1 amide bonds. The lowest BCUT2D eigenvalue weighted by Gasteiger charge is -2.35. The molecule has 1 aliphatic heterocycles. The number of sulfonamides is 1. The van der Waals surface area contributed by atoms with Gasteiger partial charge >= 0.3 is 0 Å². The number of anilines is 2. The van der Waals surface area contributed by atoms with Crippen LogP contribution in [0, 0.1) is 6.92 Å². The highest BCUT2D eigenvalue weighted by Gasteiger charge is 2.36. The van der Waals surface area contributed by atoms with E-state index in [-0.39, 0.29) is 17.9 Å². The minimum atomic E-state index is -3.59. The van der Waals surface area contributed by atoms with Crippen molar-refractivity contribution >= 4 is 27.3 Å². The number of hydrogen-bond acceptors (Lipinski definition) is 4. The van der Waals surface area contributed by atoms with Gasteiger partial charge in [-0.3, -0.25) is 9.10 Å². The van der Waals surface area contributed by atoms with Crippen LogP contribution >= 0.6 is 0 Å². The Morgan fingerprint density at radius 3 is 2.53 bits per heavy atom. The molecule has 2 aromatic rings. The highest BCUT2D eigenvalue weighted by molar-refractivity contribution is 7.92. The van der Waals surface area contributed by atoms with Crippen molar-refractivity contribution in [3.8, 4) is 5.75 Å². The van der Waals surface area contributed by atoms with Gasteiger partial charge in [-0.1, -0.05) is 52.0 Å². The average molecular weight is 431 g/mol. The van der Waals surface area contributed by atoms with E-state index in [1.807, 2.05) is 44.2 Å². The summed E-state index contributed by atoms with van der Waals surface area (Å²) in [6, 6.07) is 11.4. The molecule has 1 aliphatic rings. The van der Waals surface area contributed by atoms with E-state index in [9.17, 15) is 13.2 Å². The first-order chi connectivity index (χ1) is 13.9. The maximum atomic E-state index is 13.0. The molecule has 0 saturated carbocycles. The Bertz CT molecular complexity index is 1070. The van der Waals surface area contributed by atoms with Crippen LogP contribution in [-0.2, 0) is 26.7 Å². The number of ether oxygens (including phenoxy) is 1. The molecule has 1 atom stereocenters. The first kappa shape index (κ1) is 22.2. The Kier molecular flexibility index (Phi) is 5.87. The smallest absolute Gasteiger partial charge is 0.267 e. The van der Waals surface area contributed by atoms with Crippen LogP contribution < -0.4 is 14.4 Å². The first-order valence-electron chi connectivity index (χ1n) is 10.1. The van der Waals surface area contributed by atoms with Crippen molar-refractivity contribution in [2.75, 3.05) is 22.4 Å². The second-order valence-corrected chi connectivity index (χ2v) is 10.7. The van der Waals surface area contributed by atoms with E-state index < -0.39 is 16.1 Å². The van der Waals surface area contributed by atoms with Crippen LogP contribution in [0.3, 0.4) is 0 Å². The van der Waals surface area contributed by atoms with Crippen LogP contribution in [0.25, 0.3) is 0 Å². The van der Waals surface area contributed by atoms with Gasteiger partial charge in [-0.15, -0.1) is 0 Å². The van der Waals surface area contributed by atoms with Crippen molar-refractivity contribution < 1.29 is 17.9 Å². The van der Waals surface area contributed by atoms with Crippen molar-refractivity contribution in [1.82, 2.24) is 0 Å². The SMILES string of the molecule is CCc1cccc(C)c1NC(=O)[C@H]1CN(S(C)(=O)=O)c2cc(C(C)(C)C)ccc2O1. The van der Waals surface area contributed by atoms with Gasteiger partial charge in [0.2, 0.25) is 10.0 Å². The maximum absolute atomic E-state index is 13.0. The number of nitrogens with zero attached hydrogens (tertiary/aromatic N) is 1. The van der Waals surface area contributed by atoms with Crippen molar-refractivity contribution in [1.29, 1.82) is 0 Å². The molecule has 0 unspecified atom stereocenters. The highest BCUT2D eigenvalue weighted by Crippen LogP contribution is 2.38. The predicted octanol–water partition coefficient (Wildman–Crippen LogP) is 4.02. The number of carbonyl (C=O) groups excluding carboxylic acids is 1. The van der Waals surface area contributed by atoms with E-state index in [1.54, 1.807) is 6.07 Å². The molecule has 0 aliphatic carbocycles. The number of carbonyl (C=O) groups is 1. The van der Waals surface area contributed by atoms with E-state index in [4.69, 9.17) is 4.74 Å². The number of para-hydroxylation sites is 1. The summed E-state index contributed by atoms with van der Waals surface area (Å²) in [6.45, 7) is 10.1. The van der Waals surface area contributed by atoms with E-state index in [2.05, 4.69) is 26.1 Å². The van der Waals surface area contributed by atoms with Crippen molar-refractivity contribution in [3.05, 3.63) is 53.1 Å². The largest absolute Gasteiger partial charge is 0.476 e. The summed E-state index contributed by atoms with van der Waals surface area (Å²) < 4.78 is 32.3. The number of nitrogens with one attached hydrogen (secondary N) is 1. The average Bonchev–Trinajstić information content (AvgIpc) is 2.66. The minimum absolute atomic E-state index is 0.0708. The van der Waals surface area contributed by atoms with Crippen LogP contribution in [0.2, 0.25) is 0 Å². The zero-order valence-corrected chi connectivity index (χ0v) is 19.3. The third kappa shape index (κ3) is 4.46. The maximum Gasteiger partial charge on any atom is 0.267 e. The molecule has 1 heterocycles. The molecule has 0 aromatic heterocycles. The zero-order chi connectivity index (χ0) is 22.3. The van der Waals surface area contributed by atoms with Gasteiger partial charge in [0.1, 0.15) is 5.75 Å². The molecule has 30 heavy (non-hydrogen) atoms. The fourth-order valence-electron chi connectivity index (χ4n) is 3.57. The Labute approximate surface area is 179 Å². The monoisotopic (exact) mass is 430 g/mol. The van der Waals surface area contributed by atoms with Gasteiger partial charge in [0.05, 0.1) is 18.5 Å². The number of amides is 1. The lowest BCUT2D eigenvalue weighted by Crippen LogP contribution is -2.48. The van der Waals surface area contributed by atoms with Crippen LogP contribution in [0.15, 0.2) is 36.4 Å². The lowest BCUT2D eigenvalue weighted by molar-refractivity contribution is -0.122. The quantitative estimate of drug-likeness (QED) is 0.795. The molecule has 162 valence electrons. The Balaban J connectivity index is 1.96. The van der Waals surface area contributed by atoms with Crippen molar-refractivity contribution in [2.24, 2.45) is 0 Å². The molecule has 0 fully saturated rings. The van der Waals surface area contributed by atoms with Gasteiger partial charge in [-0.05, 0) is 47.6 Å². The van der Waals surface area contributed by atoms with Gasteiger partial charge in [-0.2, -0.15) is 0 Å². The summed E-state index contributed by atoms with van der Waals surface area (Å²) in [6.07, 6.45) is 0.977. The molecule has 0 bridgehead atoms. The van der Waals surface area contributed by atoms with Crippen molar-refractivity contribution in [3.63, 3.8) is 0 Å². The molecule has 0 radical (unpaired) electrons. The molecule has 0 saturated heterocycles. The van der Waals surface area contributed by atoms with Crippen LogP contribution in [0.4, 0.5) is 11.4 Å². The van der Waals surface area contributed by atoms with Crippen LogP contribution in [0.1, 0.15) is 44.4 Å². The summed E-state index contributed by atoms with van der Waals surface area (Å²) in [4.78, 5) is 13.0. The molecular weight excluding hydrogens is 400 g/mol. The van der Waals surface area contributed by atoms with E-state index >= 15 is 0 Å². The standard InChI is InChI=1S/C23H30N2O4S/c1-7-16-10-8-9-15(2)21(16)24-22(26)20-14-25(30(6,27)28)18-13-17(23(3,4)5)11-12-19(18)29-20/h8-13,20H,7,14H2,1-6H3,(H,24,26)/t20-/m1/s1. The molecule has 6 nitrogen and oxygen atoms in total. The Morgan fingerprint density at radius 1 is 1.23 bits per heavy atom. The van der Waals surface area contributed by atoms with Gasteiger partial charge in [-0.25, -0.2) is 8.42 Å². The van der Waals surface area contributed by atoms with E-state index in [1.165, 1.54) is 4.31 Å². The summed E-state index contributed by atoms with van der Waals surface area (Å²) in [5.41, 5.74) is 4.05. The number of aryl methyl sites for hydroxylation is 2. The number of hydrogen-bond donors (Lipinski definition) is 1. The lowest BCUT2D eigenvalue weighted by atomic mass is 9.86. The number of benzene rings is 2. The second kappa shape index (κ2) is 7.95. The highest BCUT2D eigenvalue weighted by atomic mass is 32.2. The topological polar surface area (TPSA) is 75.7 Å². The number of fused-ring (bicyclic) bond motifs is 1. The van der Waals surface area contributed by atoms with Crippen molar-refractivity contribution in [2.45, 2.75) is 52.6 Å². The predicted molar refractivity (Wildman–Crippen MR) is 121 cm³/mol. The van der Waals surface area contributed by atoms with Gasteiger partial charge in [0, 0.05) is 5.69 Å². The molecule has 3 rings (SSSR count). The molecule has 7 heteroatoms. The Hall–Kier alpha value is -2.54. The van der Waals surface area contributed by atoms with Crippen LogP contribution in [-0.4, -0.2) is 33.2 Å². The molecular formula is C23H30N2O4S. The fraction of sp³-hybridized carbons (Fsp3) is 0.435. The normalized spacial score (nSPS) is 16.6. The first-order valence-corrected chi connectivity index (χ1v) is 11.9. The number of rotatable bonds is 4. The fourth-order valence-corrected chi connectivity index (χ4v) is 4.48. The van der Waals surface area contributed by atoms with E-state index in [0.29, 0.717) is 11.4 Å². The molecule has 2 aromatic carbocycles. The summed E-state index contributed by atoms with van der Waals surface area (Å²) in [7, 11) is -3.59. The minimum Gasteiger partial charge on any atom is -0.476 e. The van der Waals surface area contributed by atoms with E-state index in [0.717, 1.165) is 35.1 Å². The second-order valence-electron chi connectivity index (χ2n) is 8.78. The zero-order valence-electron chi connectivity index (χ0n) is 18.4. The molecule has 1 N–H and O–H groups in total. The third-order valence-electron chi connectivity index (χ3n) is 5.38. The van der Waals surface area contributed by atoms with Gasteiger partial charge in [0.15, 0.2) is 6.10 Å². The Morgan fingerprint density at radius 2 is 1.93 bits per heavy atom.